The largest absolute Gasteiger partial charge is 0.388 e. The van der Waals surface area contributed by atoms with Crippen LogP contribution >= 0.6 is 0 Å². The average molecular weight is 343 g/mol. The minimum atomic E-state index is -0.514. The highest BCUT2D eigenvalue weighted by Gasteiger charge is 2.06. The van der Waals surface area contributed by atoms with Crippen LogP contribution in [0.15, 0.2) is 59.6 Å². The van der Waals surface area contributed by atoms with Crippen molar-refractivity contribution < 1.29 is 9.50 Å². The molecule has 0 radical (unpaired) electrons. The maximum absolute atomic E-state index is 13.2. The SMILES string of the molecule is CCNC(=NCCC(O)c1ccccc1)NCCc1cccc(F)c1. The van der Waals surface area contributed by atoms with Crippen molar-refractivity contribution in [1.29, 1.82) is 0 Å². The molecule has 25 heavy (non-hydrogen) atoms. The van der Waals surface area contributed by atoms with Gasteiger partial charge < -0.3 is 15.7 Å². The van der Waals surface area contributed by atoms with Crippen LogP contribution in [0.25, 0.3) is 0 Å². The predicted molar refractivity (Wildman–Crippen MR) is 100 cm³/mol. The summed E-state index contributed by atoms with van der Waals surface area (Å²) in [4.78, 5) is 4.49. The van der Waals surface area contributed by atoms with E-state index < -0.39 is 6.10 Å². The molecule has 0 saturated carbocycles. The molecule has 3 N–H and O–H groups in total. The van der Waals surface area contributed by atoms with E-state index in [2.05, 4.69) is 15.6 Å². The standard InChI is InChI=1S/C20H26FN3O/c1-2-22-20(23-13-11-16-7-6-10-18(21)15-16)24-14-12-19(25)17-8-4-3-5-9-17/h3-10,15,19,25H,2,11-14H2,1H3,(H2,22,23,24). The van der Waals surface area contributed by atoms with Gasteiger partial charge in [0.1, 0.15) is 5.82 Å². The summed E-state index contributed by atoms with van der Waals surface area (Å²) in [6, 6.07) is 16.2. The first-order valence-corrected chi connectivity index (χ1v) is 8.68. The molecule has 0 aromatic heterocycles. The third kappa shape index (κ3) is 6.93. The second-order valence-electron chi connectivity index (χ2n) is 5.78. The maximum atomic E-state index is 13.2. The Labute approximate surface area is 148 Å². The third-order valence-electron chi connectivity index (χ3n) is 3.80. The van der Waals surface area contributed by atoms with Crippen LogP contribution in [0.1, 0.15) is 30.6 Å². The first kappa shape index (κ1) is 18.9. The van der Waals surface area contributed by atoms with Crippen LogP contribution in [0.3, 0.4) is 0 Å². The summed E-state index contributed by atoms with van der Waals surface area (Å²) in [7, 11) is 0. The molecule has 2 aromatic rings. The number of rotatable bonds is 8. The van der Waals surface area contributed by atoms with Crippen LogP contribution < -0.4 is 10.6 Å². The Bertz CT molecular complexity index is 661. The van der Waals surface area contributed by atoms with Gasteiger partial charge in [0.2, 0.25) is 0 Å². The van der Waals surface area contributed by atoms with Gasteiger partial charge in [-0.15, -0.1) is 0 Å². The molecule has 0 amide bonds. The van der Waals surface area contributed by atoms with Gasteiger partial charge in [0, 0.05) is 19.6 Å². The zero-order valence-electron chi connectivity index (χ0n) is 14.6. The van der Waals surface area contributed by atoms with Crippen LogP contribution in [0.4, 0.5) is 4.39 Å². The Kier molecular flexibility index (Phi) is 7.92. The molecule has 0 saturated heterocycles. The lowest BCUT2D eigenvalue weighted by Crippen LogP contribution is -2.38. The van der Waals surface area contributed by atoms with Gasteiger partial charge >= 0.3 is 0 Å². The van der Waals surface area contributed by atoms with Crippen molar-refractivity contribution in [2.75, 3.05) is 19.6 Å². The number of nitrogens with one attached hydrogen (secondary N) is 2. The van der Waals surface area contributed by atoms with E-state index in [1.165, 1.54) is 6.07 Å². The molecule has 0 heterocycles. The van der Waals surface area contributed by atoms with Gasteiger partial charge in [-0.05, 0) is 43.0 Å². The van der Waals surface area contributed by atoms with Crippen LogP contribution in [0, 0.1) is 5.82 Å². The fourth-order valence-corrected chi connectivity index (χ4v) is 2.50. The minimum absolute atomic E-state index is 0.215. The van der Waals surface area contributed by atoms with E-state index in [4.69, 9.17) is 0 Å². The first-order valence-electron chi connectivity index (χ1n) is 8.68. The Morgan fingerprint density at radius 3 is 2.64 bits per heavy atom. The van der Waals surface area contributed by atoms with Gasteiger partial charge in [0.25, 0.3) is 0 Å². The topological polar surface area (TPSA) is 56.7 Å². The van der Waals surface area contributed by atoms with Gasteiger partial charge in [-0.2, -0.15) is 0 Å². The van der Waals surface area contributed by atoms with Gasteiger partial charge in [-0.25, -0.2) is 4.39 Å². The van der Waals surface area contributed by atoms with E-state index in [1.54, 1.807) is 12.1 Å². The zero-order chi connectivity index (χ0) is 17.9. The molecule has 0 spiro atoms. The van der Waals surface area contributed by atoms with Crippen molar-refractivity contribution in [3.8, 4) is 0 Å². The van der Waals surface area contributed by atoms with E-state index >= 15 is 0 Å². The van der Waals surface area contributed by atoms with Gasteiger partial charge in [-0.1, -0.05) is 42.5 Å². The number of guanidine groups is 1. The van der Waals surface area contributed by atoms with Gasteiger partial charge in [-0.3, -0.25) is 4.99 Å². The lowest BCUT2D eigenvalue weighted by Gasteiger charge is -2.13. The first-order chi connectivity index (χ1) is 12.2. The lowest BCUT2D eigenvalue weighted by atomic mass is 10.1. The van der Waals surface area contributed by atoms with Crippen molar-refractivity contribution in [2.45, 2.75) is 25.9 Å². The summed E-state index contributed by atoms with van der Waals surface area (Å²) < 4.78 is 13.2. The van der Waals surface area contributed by atoms with Crippen molar-refractivity contribution in [3.05, 3.63) is 71.5 Å². The minimum Gasteiger partial charge on any atom is -0.388 e. The summed E-state index contributed by atoms with van der Waals surface area (Å²) in [5, 5.41) is 16.6. The molecule has 2 aromatic carbocycles. The normalized spacial score (nSPS) is 12.7. The van der Waals surface area contributed by atoms with E-state index in [0.717, 1.165) is 24.1 Å². The lowest BCUT2D eigenvalue weighted by molar-refractivity contribution is 0.170. The van der Waals surface area contributed by atoms with Crippen LogP contribution in [-0.2, 0) is 6.42 Å². The highest BCUT2D eigenvalue weighted by Crippen LogP contribution is 2.15. The molecule has 4 nitrogen and oxygen atoms in total. The monoisotopic (exact) mass is 343 g/mol. The van der Waals surface area contributed by atoms with E-state index in [9.17, 15) is 9.50 Å². The Hall–Kier alpha value is -2.40. The molecule has 1 atom stereocenters. The Morgan fingerprint density at radius 2 is 1.92 bits per heavy atom. The van der Waals surface area contributed by atoms with Gasteiger partial charge in [0.05, 0.1) is 6.10 Å². The molecule has 0 aliphatic rings. The number of hydrogen-bond donors (Lipinski definition) is 3. The van der Waals surface area contributed by atoms with Gasteiger partial charge in [0.15, 0.2) is 5.96 Å². The summed E-state index contributed by atoms with van der Waals surface area (Å²) in [6.45, 7) is 3.94. The predicted octanol–water partition coefficient (Wildman–Crippen LogP) is 3.05. The van der Waals surface area contributed by atoms with Crippen LogP contribution in [-0.4, -0.2) is 30.7 Å². The molecule has 5 heteroatoms. The molecule has 0 aliphatic carbocycles. The Balaban J connectivity index is 1.79. The third-order valence-corrected chi connectivity index (χ3v) is 3.80. The fourth-order valence-electron chi connectivity index (χ4n) is 2.50. The van der Waals surface area contributed by atoms with Crippen molar-refractivity contribution in [1.82, 2.24) is 10.6 Å². The van der Waals surface area contributed by atoms with Crippen molar-refractivity contribution in [3.63, 3.8) is 0 Å². The second-order valence-corrected chi connectivity index (χ2v) is 5.78. The summed E-state index contributed by atoms with van der Waals surface area (Å²) in [5.41, 5.74) is 1.85. The molecule has 0 aliphatic heterocycles. The van der Waals surface area contributed by atoms with Crippen molar-refractivity contribution in [2.24, 2.45) is 4.99 Å². The number of aliphatic imine (C=N–C) groups is 1. The molecular weight excluding hydrogens is 317 g/mol. The van der Waals surface area contributed by atoms with Crippen LogP contribution in [0.5, 0.6) is 0 Å². The zero-order valence-corrected chi connectivity index (χ0v) is 14.6. The number of hydrogen-bond acceptors (Lipinski definition) is 2. The van der Waals surface area contributed by atoms with Crippen LogP contribution in [0.2, 0.25) is 0 Å². The number of aliphatic hydroxyl groups excluding tert-OH is 1. The molecule has 2 rings (SSSR count). The number of aliphatic hydroxyl groups is 1. The molecule has 0 fully saturated rings. The quantitative estimate of drug-likeness (QED) is 0.510. The fraction of sp³-hybridized carbons (Fsp3) is 0.350. The van der Waals surface area contributed by atoms with E-state index in [1.807, 2.05) is 43.3 Å². The molecular formula is C20H26FN3O. The maximum Gasteiger partial charge on any atom is 0.191 e. The number of benzene rings is 2. The summed E-state index contributed by atoms with van der Waals surface area (Å²) in [5.74, 6) is 0.493. The molecule has 1 unspecified atom stereocenters. The highest BCUT2D eigenvalue weighted by molar-refractivity contribution is 5.79. The number of nitrogens with zero attached hydrogens (tertiary/aromatic N) is 1. The molecule has 0 bridgehead atoms. The smallest absolute Gasteiger partial charge is 0.191 e. The second kappa shape index (κ2) is 10.5. The van der Waals surface area contributed by atoms with E-state index in [0.29, 0.717) is 25.5 Å². The number of halogens is 1. The van der Waals surface area contributed by atoms with Crippen molar-refractivity contribution >= 4 is 5.96 Å². The summed E-state index contributed by atoms with van der Waals surface area (Å²) >= 11 is 0. The summed E-state index contributed by atoms with van der Waals surface area (Å²) in [6.07, 6.45) is 0.763. The van der Waals surface area contributed by atoms with E-state index in [-0.39, 0.29) is 5.82 Å². The highest BCUT2D eigenvalue weighted by atomic mass is 19.1. The Morgan fingerprint density at radius 1 is 1.12 bits per heavy atom. The average Bonchev–Trinajstić information content (AvgIpc) is 2.62. The molecule has 134 valence electrons.